The number of pyridine rings is 1. The molecular formula is C25H23F5N5O2+. The van der Waals surface area contributed by atoms with E-state index >= 15 is 0 Å². The van der Waals surface area contributed by atoms with Gasteiger partial charge in [0.05, 0.1) is 11.8 Å². The van der Waals surface area contributed by atoms with Crippen LogP contribution in [0.4, 0.5) is 22.0 Å². The summed E-state index contributed by atoms with van der Waals surface area (Å²) in [7, 11) is 0. The van der Waals surface area contributed by atoms with E-state index in [-0.39, 0.29) is 24.4 Å². The lowest BCUT2D eigenvalue weighted by molar-refractivity contribution is -0.522. The number of carbonyl (C=O) groups excluding carboxylic acids is 1. The van der Waals surface area contributed by atoms with Crippen molar-refractivity contribution in [1.82, 2.24) is 15.1 Å². The fourth-order valence-electron chi connectivity index (χ4n) is 4.90. The van der Waals surface area contributed by atoms with Crippen LogP contribution in [0.25, 0.3) is 11.1 Å². The Morgan fingerprint density at radius 2 is 1.89 bits per heavy atom. The largest absolute Gasteiger partial charge is 0.503 e. The van der Waals surface area contributed by atoms with Gasteiger partial charge in [-0.2, -0.15) is 18.3 Å². The predicted octanol–water partition coefficient (Wildman–Crippen LogP) is 3.60. The summed E-state index contributed by atoms with van der Waals surface area (Å²) in [4.78, 5) is 17.0. The molecule has 3 aromatic rings. The van der Waals surface area contributed by atoms with Crippen LogP contribution in [0.5, 0.6) is 5.75 Å². The van der Waals surface area contributed by atoms with Crippen molar-refractivity contribution in [3.63, 3.8) is 0 Å². The number of hydrogen-bond donors (Lipinski definition) is 2. The highest BCUT2D eigenvalue weighted by Crippen LogP contribution is 2.32. The van der Waals surface area contributed by atoms with Crippen LogP contribution in [-0.2, 0) is 0 Å². The van der Waals surface area contributed by atoms with Gasteiger partial charge in [-0.25, -0.2) is 17.7 Å². The number of fused-ring (bicyclic) bond motifs is 1. The van der Waals surface area contributed by atoms with Crippen molar-refractivity contribution in [2.45, 2.75) is 38.3 Å². The highest BCUT2D eigenvalue weighted by Gasteiger charge is 2.33. The highest BCUT2D eigenvalue weighted by molar-refractivity contribution is 5.94. The lowest BCUT2D eigenvalue weighted by atomic mass is 9.79. The van der Waals surface area contributed by atoms with Crippen LogP contribution >= 0.6 is 0 Å². The molecule has 2 N–H and O–H groups in total. The van der Waals surface area contributed by atoms with Gasteiger partial charge < -0.3 is 10.4 Å². The number of phenols is 1. The zero-order chi connectivity index (χ0) is 26.3. The average Bonchev–Trinajstić information content (AvgIpc) is 3.56. The summed E-state index contributed by atoms with van der Waals surface area (Å²) in [6.45, 7) is -2.48. The SMILES string of the molecule is O=C(NCC1CCC(C2C=[n+]3cc(-c4cnn(C(F)F)c4)ccc3=N2)CC1)c1cc(F)c(O)c(F)c1F. The van der Waals surface area contributed by atoms with Crippen LogP contribution in [-0.4, -0.2) is 33.4 Å². The van der Waals surface area contributed by atoms with Crippen LogP contribution in [0.1, 0.15) is 42.6 Å². The fraction of sp³-hybridized carbons (Fsp3) is 0.360. The number of nitrogens with zero attached hydrogens (tertiary/aromatic N) is 4. The third-order valence-corrected chi connectivity index (χ3v) is 6.99. The maximum Gasteiger partial charge on any atom is 0.333 e. The van der Waals surface area contributed by atoms with Crippen molar-refractivity contribution >= 4 is 5.91 Å². The molecule has 12 heteroatoms. The van der Waals surface area contributed by atoms with Crippen molar-refractivity contribution in [1.29, 1.82) is 0 Å². The quantitative estimate of drug-likeness (QED) is 0.296. The number of aromatic hydroxyl groups is 1. The zero-order valence-corrected chi connectivity index (χ0v) is 19.4. The minimum Gasteiger partial charge on any atom is -0.503 e. The van der Waals surface area contributed by atoms with Crippen molar-refractivity contribution in [2.24, 2.45) is 16.8 Å². The number of aromatic nitrogens is 3. The summed E-state index contributed by atoms with van der Waals surface area (Å²) < 4.78 is 69.1. The Bertz CT molecular complexity index is 1470. The molecule has 1 saturated carbocycles. The molecule has 0 radical (unpaired) electrons. The van der Waals surface area contributed by atoms with Gasteiger partial charge >= 0.3 is 12.0 Å². The van der Waals surface area contributed by atoms with Crippen molar-refractivity contribution in [3.05, 3.63) is 71.5 Å². The van der Waals surface area contributed by atoms with Crippen molar-refractivity contribution in [2.75, 3.05) is 6.54 Å². The molecule has 3 heterocycles. The van der Waals surface area contributed by atoms with Gasteiger partial charge in [0, 0.05) is 35.9 Å². The molecule has 1 aromatic carbocycles. The molecule has 1 fully saturated rings. The topological polar surface area (TPSA) is 85.4 Å². The molecule has 0 bridgehead atoms. The first kappa shape index (κ1) is 24.8. The Kier molecular flexibility index (Phi) is 6.65. The molecule has 0 saturated heterocycles. The van der Waals surface area contributed by atoms with E-state index < -0.39 is 41.2 Å². The van der Waals surface area contributed by atoms with E-state index in [9.17, 15) is 26.7 Å². The number of carbonyl (C=O) groups is 1. The first-order valence-corrected chi connectivity index (χ1v) is 11.8. The molecule has 2 aliphatic rings. The molecule has 5 rings (SSSR count). The molecule has 0 spiro atoms. The summed E-state index contributed by atoms with van der Waals surface area (Å²) in [6.07, 6.45) is 9.76. The van der Waals surface area contributed by atoms with E-state index in [4.69, 9.17) is 10.1 Å². The van der Waals surface area contributed by atoms with Gasteiger partial charge in [0.15, 0.2) is 23.4 Å². The fourth-order valence-corrected chi connectivity index (χ4v) is 4.90. The van der Waals surface area contributed by atoms with Gasteiger partial charge in [-0.3, -0.25) is 4.79 Å². The number of rotatable bonds is 6. The van der Waals surface area contributed by atoms with Gasteiger partial charge in [0.25, 0.3) is 5.91 Å². The number of nitrogens with one attached hydrogen (secondary N) is 1. The third kappa shape index (κ3) is 4.92. The number of phenolic OH excluding ortho intramolecular Hbond substituents is 1. The van der Waals surface area contributed by atoms with Gasteiger partial charge in [0.2, 0.25) is 5.82 Å². The second-order valence-corrected chi connectivity index (χ2v) is 9.31. The Labute approximate surface area is 207 Å². The molecule has 1 aliphatic heterocycles. The third-order valence-electron chi connectivity index (χ3n) is 6.99. The molecule has 2 aromatic heterocycles. The minimum atomic E-state index is -2.70. The summed E-state index contributed by atoms with van der Waals surface area (Å²) in [6, 6.07) is 4.07. The second-order valence-electron chi connectivity index (χ2n) is 9.31. The van der Waals surface area contributed by atoms with E-state index in [2.05, 4.69) is 10.4 Å². The smallest absolute Gasteiger partial charge is 0.333 e. The lowest BCUT2D eigenvalue weighted by Gasteiger charge is -2.28. The zero-order valence-electron chi connectivity index (χ0n) is 19.4. The number of benzene rings is 1. The number of amides is 1. The van der Waals surface area contributed by atoms with Crippen molar-refractivity contribution in [3.8, 4) is 16.9 Å². The summed E-state index contributed by atoms with van der Waals surface area (Å²) >= 11 is 0. The Balaban J connectivity index is 1.18. The Morgan fingerprint density at radius 3 is 2.59 bits per heavy atom. The van der Waals surface area contributed by atoms with Gasteiger partial charge in [-0.15, -0.1) is 0 Å². The van der Waals surface area contributed by atoms with Gasteiger partial charge in [-0.1, -0.05) is 4.99 Å². The highest BCUT2D eigenvalue weighted by atomic mass is 19.3. The predicted molar refractivity (Wildman–Crippen MR) is 120 cm³/mol. The number of alkyl halides is 2. The van der Waals surface area contributed by atoms with E-state index in [1.807, 2.05) is 28.8 Å². The van der Waals surface area contributed by atoms with Crippen molar-refractivity contribution < 1.29 is 36.1 Å². The van der Waals surface area contributed by atoms with Crippen LogP contribution in [0.2, 0.25) is 0 Å². The van der Waals surface area contributed by atoms with E-state index in [0.717, 1.165) is 36.7 Å². The van der Waals surface area contributed by atoms with Crippen LogP contribution < -0.4 is 15.0 Å². The van der Waals surface area contributed by atoms with Crippen LogP contribution in [0.3, 0.4) is 0 Å². The monoisotopic (exact) mass is 520 g/mol. The first-order chi connectivity index (χ1) is 17.7. The maximum atomic E-state index is 13.9. The van der Waals surface area contributed by atoms with Crippen LogP contribution in [0, 0.1) is 35.5 Å². The average molecular weight is 520 g/mol. The molecule has 1 atom stereocenters. The standard InChI is InChI=1S/C25H22F5N5O2/c26-18-7-17(21(27)22(28)23(18)36)24(37)31-8-13-1-3-14(4-2-13)19-12-34-10-15(5-6-20(34)33-19)16-9-32-35(11-16)25(29)30/h5-7,9-14,19,25H,1-4,8H2,(H-,31,36,37)/p+1. The Morgan fingerprint density at radius 1 is 1.14 bits per heavy atom. The molecular weight excluding hydrogens is 497 g/mol. The summed E-state index contributed by atoms with van der Waals surface area (Å²) in [5, 5.41) is 15.3. The summed E-state index contributed by atoms with van der Waals surface area (Å²) in [5.41, 5.74) is 1.29. The second kappa shape index (κ2) is 9.91. The molecule has 37 heavy (non-hydrogen) atoms. The molecule has 1 unspecified atom stereocenters. The minimum absolute atomic E-state index is 0.0494. The van der Waals surface area contributed by atoms with Crippen LogP contribution in [0.15, 0.2) is 41.8 Å². The van der Waals surface area contributed by atoms with E-state index in [1.165, 1.54) is 12.4 Å². The van der Waals surface area contributed by atoms with Gasteiger partial charge in [-0.05, 0) is 43.7 Å². The maximum absolute atomic E-state index is 13.9. The Hall–Kier alpha value is -3.83. The molecule has 1 aliphatic carbocycles. The molecule has 7 nitrogen and oxygen atoms in total. The first-order valence-electron chi connectivity index (χ1n) is 11.8. The lowest BCUT2D eigenvalue weighted by Crippen LogP contribution is -2.34. The van der Waals surface area contributed by atoms with E-state index in [0.29, 0.717) is 16.3 Å². The van der Waals surface area contributed by atoms with Gasteiger partial charge in [0.1, 0.15) is 12.4 Å². The number of hydrogen-bond acceptors (Lipinski definition) is 4. The number of halogens is 5. The summed E-state index contributed by atoms with van der Waals surface area (Å²) in [5.74, 6) is -6.81. The molecule has 1 amide bonds. The molecule has 194 valence electrons. The normalized spacial score (nSPS) is 20.9. The van der Waals surface area contributed by atoms with E-state index in [1.54, 1.807) is 0 Å².